The number of nitrogens with zero attached hydrogens (tertiary/aromatic N) is 1. The number of benzene rings is 1. The summed E-state index contributed by atoms with van der Waals surface area (Å²) in [4.78, 5) is 25.3. The fourth-order valence-electron chi connectivity index (χ4n) is 2.78. The average molecular weight is 279 g/mol. The molecule has 0 radical (unpaired) electrons. The lowest BCUT2D eigenvalue weighted by Crippen LogP contribution is -2.41. The third-order valence-electron chi connectivity index (χ3n) is 3.91. The molecule has 0 bridgehead atoms. The topological polar surface area (TPSA) is 46.6 Å². The standard InChI is InChI=1S/C15H18FNO3/c1-9-11(5-4-6-12(9)16)10(2)17-13(15(19)20-3)7-8-14(17)18/h4-6,10,13H,7-8H2,1-3H3. The maximum Gasteiger partial charge on any atom is 0.328 e. The number of hydrogen-bond acceptors (Lipinski definition) is 3. The van der Waals surface area contributed by atoms with Crippen molar-refractivity contribution in [3.8, 4) is 0 Å². The predicted octanol–water partition coefficient (Wildman–Crippen LogP) is 2.36. The van der Waals surface area contributed by atoms with Crippen LogP contribution in [0.5, 0.6) is 0 Å². The molecule has 1 aromatic rings. The minimum Gasteiger partial charge on any atom is -0.467 e. The highest BCUT2D eigenvalue weighted by Gasteiger charge is 2.40. The van der Waals surface area contributed by atoms with Crippen molar-refractivity contribution in [2.24, 2.45) is 0 Å². The summed E-state index contributed by atoms with van der Waals surface area (Å²) < 4.78 is 18.4. The number of likely N-dealkylation sites (tertiary alicyclic amines) is 1. The van der Waals surface area contributed by atoms with E-state index in [-0.39, 0.29) is 17.8 Å². The summed E-state index contributed by atoms with van der Waals surface area (Å²) in [6.07, 6.45) is 0.767. The van der Waals surface area contributed by atoms with Gasteiger partial charge in [-0.25, -0.2) is 9.18 Å². The van der Waals surface area contributed by atoms with Gasteiger partial charge in [-0.2, -0.15) is 0 Å². The van der Waals surface area contributed by atoms with Crippen LogP contribution >= 0.6 is 0 Å². The van der Waals surface area contributed by atoms with E-state index in [1.165, 1.54) is 18.1 Å². The number of hydrogen-bond donors (Lipinski definition) is 0. The van der Waals surface area contributed by atoms with Crippen LogP contribution in [-0.4, -0.2) is 29.9 Å². The van der Waals surface area contributed by atoms with E-state index in [4.69, 9.17) is 4.74 Å². The van der Waals surface area contributed by atoms with Crippen LogP contribution in [0.3, 0.4) is 0 Å². The van der Waals surface area contributed by atoms with Gasteiger partial charge in [0.15, 0.2) is 0 Å². The van der Waals surface area contributed by atoms with Gasteiger partial charge in [0.2, 0.25) is 5.91 Å². The van der Waals surface area contributed by atoms with Crippen LogP contribution in [0.25, 0.3) is 0 Å². The largest absolute Gasteiger partial charge is 0.467 e. The van der Waals surface area contributed by atoms with Gasteiger partial charge < -0.3 is 9.64 Å². The Kier molecular flexibility index (Phi) is 4.06. The van der Waals surface area contributed by atoms with Crippen LogP contribution in [0.4, 0.5) is 4.39 Å². The zero-order chi connectivity index (χ0) is 14.9. The fourth-order valence-corrected chi connectivity index (χ4v) is 2.78. The van der Waals surface area contributed by atoms with Crippen molar-refractivity contribution in [2.45, 2.75) is 38.8 Å². The zero-order valence-electron chi connectivity index (χ0n) is 11.9. The SMILES string of the molecule is COC(=O)C1CCC(=O)N1C(C)c1cccc(F)c1C. The second-order valence-electron chi connectivity index (χ2n) is 5.01. The molecule has 0 N–H and O–H groups in total. The second-order valence-corrected chi connectivity index (χ2v) is 5.01. The third kappa shape index (κ3) is 2.40. The molecule has 1 amide bonds. The Bertz CT molecular complexity index is 544. The Morgan fingerprint density at radius 2 is 2.20 bits per heavy atom. The summed E-state index contributed by atoms with van der Waals surface area (Å²) in [5.74, 6) is -0.830. The van der Waals surface area contributed by atoms with E-state index in [0.717, 1.165) is 0 Å². The number of ether oxygens (including phenoxy) is 1. The van der Waals surface area contributed by atoms with Crippen LogP contribution in [-0.2, 0) is 14.3 Å². The Morgan fingerprint density at radius 3 is 2.85 bits per heavy atom. The van der Waals surface area contributed by atoms with Crippen LogP contribution in [0.15, 0.2) is 18.2 Å². The highest BCUT2D eigenvalue weighted by atomic mass is 19.1. The van der Waals surface area contributed by atoms with E-state index in [1.807, 2.05) is 0 Å². The van der Waals surface area contributed by atoms with Crippen LogP contribution < -0.4 is 0 Å². The molecular formula is C15H18FNO3. The first-order valence-electron chi connectivity index (χ1n) is 6.61. The Labute approximate surface area is 117 Å². The highest BCUT2D eigenvalue weighted by Crippen LogP contribution is 2.32. The van der Waals surface area contributed by atoms with Gasteiger partial charge in [0.05, 0.1) is 13.2 Å². The monoisotopic (exact) mass is 279 g/mol. The van der Waals surface area contributed by atoms with E-state index >= 15 is 0 Å². The van der Waals surface area contributed by atoms with E-state index in [0.29, 0.717) is 24.0 Å². The first-order valence-corrected chi connectivity index (χ1v) is 6.61. The Balaban J connectivity index is 2.35. The minimum atomic E-state index is -0.579. The Morgan fingerprint density at radius 1 is 1.50 bits per heavy atom. The van der Waals surface area contributed by atoms with Gasteiger partial charge in [-0.15, -0.1) is 0 Å². The molecule has 1 saturated heterocycles. The normalized spacial score (nSPS) is 20.1. The van der Waals surface area contributed by atoms with Crippen molar-refractivity contribution < 1.29 is 18.7 Å². The number of carbonyl (C=O) groups excluding carboxylic acids is 2. The molecule has 2 unspecified atom stereocenters. The lowest BCUT2D eigenvalue weighted by molar-refractivity contribution is -0.150. The van der Waals surface area contributed by atoms with Gasteiger partial charge in [0.1, 0.15) is 11.9 Å². The minimum absolute atomic E-state index is 0.100. The summed E-state index contributed by atoms with van der Waals surface area (Å²) >= 11 is 0. The maximum atomic E-state index is 13.7. The van der Waals surface area contributed by atoms with Crippen molar-refractivity contribution >= 4 is 11.9 Å². The quantitative estimate of drug-likeness (QED) is 0.798. The molecule has 2 rings (SSSR count). The van der Waals surface area contributed by atoms with Crippen LogP contribution in [0.2, 0.25) is 0 Å². The van der Waals surface area contributed by atoms with E-state index < -0.39 is 12.0 Å². The number of rotatable bonds is 3. The highest BCUT2D eigenvalue weighted by molar-refractivity contribution is 5.88. The summed E-state index contributed by atoms with van der Waals surface area (Å²) in [6, 6.07) is 3.84. The average Bonchev–Trinajstić information content (AvgIpc) is 2.82. The third-order valence-corrected chi connectivity index (χ3v) is 3.91. The maximum absolute atomic E-state index is 13.7. The fraction of sp³-hybridized carbons (Fsp3) is 0.467. The summed E-state index contributed by atoms with van der Waals surface area (Å²) in [5.41, 5.74) is 1.22. The first kappa shape index (κ1) is 14.5. The van der Waals surface area contributed by atoms with E-state index in [1.54, 1.807) is 26.0 Å². The van der Waals surface area contributed by atoms with Gasteiger partial charge in [-0.3, -0.25) is 4.79 Å². The van der Waals surface area contributed by atoms with Gasteiger partial charge in [0, 0.05) is 6.42 Å². The number of esters is 1. The molecule has 5 heteroatoms. The molecule has 1 aliphatic rings. The molecule has 1 aromatic carbocycles. The summed E-state index contributed by atoms with van der Waals surface area (Å²) in [5, 5.41) is 0. The van der Waals surface area contributed by atoms with Crippen LogP contribution in [0.1, 0.15) is 36.9 Å². The lowest BCUT2D eigenvalue weighted by Gasteiger charge is -2.30. The van der Waals surface area contributed by atoms with Gasteiger partial charge in [-0.05, 0) is 37.5 Å². The molecule has 1 heterocycles. The van der Waals surface area contributed by atoms with E-state index in [2.05, 4.69) is 0 Å². The molecule has 20 heavy (non-hydrogen) atoms. The molecule has 1 aliphatic heterocycles. The second kappa shape index (κ2) is 5.61. The smallest absolute Gasteiger partial charge is 0.328 e. The lowest BCUT2D eigenvalue weighted by atomic mass is 10.00. The summed E-state index contributed by atoms with van der Waals surface area (Å²) in [6.45, 7) is 3.48. The molecule has 2 atom stereocenters. The molecular weight excluding hydrogens is 261 g/mol. The number of amides is 1. The van der Waals surface area contributed by atoms with Crippen molar-refractivity contribution in [1.82, 2.24) is 4.90 Å². The van der Waals surface area contributed by atoms with Gasteiger partial charge in [0.25, 0.3) is 0 Å². The molecule has 4 nitrogen and oxygen atoms in total. The van der Waals surface area contributed by atoms with Gasteiger partial charge in [-0.1, -0.05) is 12.1 Å². The zero-order valence-corrected chi connectivity index (χ0v) is 11.9. The summed E-state index contributed by atoms with van der Waals surface area (Å²) in [7, 11) is 1.31. The number of methoxy groups -OCH3 is 1. The van der Waals surface area contributed by atoms with Gasteiger partial charge >= 0.3 is 5.97 Å². The molecule has 0 saturated carbocycles. The van der Waals surface area contributed by atoms with Crippen molar-refractivity contribution in [2.75, 3.05) is 7.11 Å². The molecule has 0 aromatic heterocycles. The van der Waals surface area contributed by atoms with Crippen molar-refractivity contribution in [3.05, 3.63) is 35.1 Å². The van der Waals surface area contributed by atoms with Crippen molar-refractivity contribution in [1.29, 1.82) is 0 Å². The first-order chi connectivity index (χ1) is 9.47. The van der Waals surface area contributed by atoms with Crippen LogP contribution in [0, 0.1) is 12.7 Å². The molecule has 1 fully saturated rings. The number of carbonyl (C=O) groups is 2. The Hall–Kier alpha value is -1.91. The number of halogens is 1. The molecule has 0 spiro atoms. The molecule has 0 aliphatic carbocycles. The molecule has 108 valence electrons. The van der Waals surface area contributed by atoms with E-state index in [9.17, 15) is 14.0 Å². The van der Waals surface area contributed by atoms with Crippen molar-refractivity contribution in [3.63, 3.8) is 0 Å². The predicted molar refractivity (Wildman–Crippen MR) is 71.4 cm³/mol.